The first-order valence-corrected chi connectivity index (χ1v) is 9.83. The molecule has 0 spiro atoms. The molecule has 0 saturated carbocycles. The number of benzene rings is 1. The van der Waals surface area contributed by atoms with Crippen LogP contribution in [0.25, 0.3) is 0 Å². The van der Waals surface area contributed by atoms with Crippen LogP contribution in [-0.4, -0.2) is 20.4 Å². The summed E-state index contributed by atoms with van der Waals surface area (Å²) in [6, 6.07) is 5.09. The number of nitrogens with one attached hydrogen (secondary N) is 1. The van der Waals surface area contributed by atoms with Crippen LogP contribution in [0, 0.1) is 0 Å². The van der Waals surface area contributed by atoms with Crippen LogP contribution < -0.4 is 4.83 Å². The highest BCUT2D eigenvalue weighted by atomic mass is 35.5. The maximum Gasteiger partial charge on any atom is 0.247 e. The van der Waals surface area contributed by atoms with Crippen molar-refractivity contribution in [3.05, 3.63) is 33.8 Å². The van der Waals surface area contributed by atoms with E-state index in [1.165, 1.54) is 19.1 Å². The van der Waals surface area contributed by atoms with Crippen molar-refractivity contribution in [2.75, 3.05) is 5.75 Å². The quantitative estimate of drug-likeness (QED) is 0.374. The largest absolute Gasteiger partial charge is 0.247 e. The summed E-state index contributed by atoms with van der Waals surface area (Å²) in [5, 5.41) is 4.49. The predicted octanol–water partition coefficient (Wildman–Crippen LogP) is 4.61. The Bertz CT molecular complexity index is 589. The van der Waals surface area contributed by atoms with Crippen molar-refractivity contribution >= 4 is 39.4 Å². The van der Waals surface area contributed by atoms with E-state index in [1.807, 2.05) is 0 Å². The van der Waals surface area contributed by atoms with Gasteiger partial charge in [-0.1, -0.05) is 74.4 Å². The third-order valence-corrected chi connectivity index (χ3v) is 5.19. The second kappa shape index (κ2) is 10.1. The van der Waals surface area contributed by atoms with E-state index in [4.69, 9.17) is 23.2 Å². The van der Waals surface area contributed by atoms with Crippen molar-refractivity contribution in [2.45, 2.75) is 45.4 Å². The zero-order valence-corrected chi connectivity index (χ0v) is 15.0. The van der Waals surface area contributed by atoms with E-state index in [-0.39, 0.29) is 5.75 Å². The SMILES string of the molecule is CCCCCCCCS(=O)(=O)N/N=C/c1cccc(Cl)c1Cl. The van der Waals surface area contributed by atoms with E-state index in [2.05, 4.69) is 16.9 Å². The van der Waals surface area contributed by atoms with Crippen LogP contribution in [0.3, 0.4) is 0 Å². The van der Waals surface area contributed by atoms with Gasteiger partial charge in [0.25, 0.3) is 0 Å². The number of nitrogens with zero attached hydrogens (tertiary/aromatic N) is 1. The minimum atomic E-state index is -3.39. The van der Waals surface area contributed by atoms with E-state index < -0.39 is 10.0 Å². The molecule has 124 valence electrons. The third-order valence-electron chi connectivity index (χ3n) is 3.14. The Hall–Kier alpha value is -0.780. The van der Waals surface area contributed by atoms with Crippen molar-refractivity contribution in [1.29, 1.82) is 0 Å². The zero-order valence-electron chi connectivity index (χ0n) is 12.7. The Morgan fingerprint density at radius 3 is 2.55 bits per heavy atom. The van der Waals surface area contributed by atoms with Crippen molar-refractivity contribution in [2.24, 2.45) is 5.10 Å². The molecule has 1 rings (SSSR count). The highest BCUT2D eigenvalue weighted by Gasteiger charge is 2.08. The first-order valence-electron chi connectivity index (χ1n) is 7.43. The molecule has 0 aromatic heterocycles. The minimum Gasteiger partial charge on any atom is -0.205 e. The van der Waals surface area contributed by atoms with Crippen molar-refractivity contribution in [3.8, 4) is 0 Å². The van der Waals surface area contributed by atoms with E-state index in [1.54, 1.807) is 18.2 Å². The third kappa shape index (κ3) is 7.47. The van der Waals surface area contributed by atoms with Gasteiger partial charge in [0.1, 0.15) is 0 Å². The fourth-order valence-electron chi connectivity index (χ4n) is 1.91. The topological polar surface area (TPSA) is 58.5 Å². The van der Waals surface area contributed by atoms with Crippen LogP contribution in [0.4, 0.5) is 0 Å². The fraction of sp³-hybridized carbons (Fsp3) is 0.533. The van der Waals surface area contributed by atoms with E-state index in [0.717, 1.165) is 19.3 Å². The molecule has 0 fully saturated rings. The molecule has 0 aliphatic rings. The second-order valence-corrected chi connectivity index (χ2v) is 7.68. The average Bonchev–Trinajstić information content (AvgIpc) is 2.47. The highest BCUT2D eigenvalue weighted by molar-refractivity contribution is 7.89. The van der Waals surface area contributed by atoms with Crippen molar-refractivity contribution in [3.63, 3.8) is 0 Å². The van der Waals surface area contributed by atoms with Crippen LogP contribution >= 0.6 is 23.2 Å². The van der Waals surface area contributed by atoms with Crippen molar-refractivity contribution < 1.29 is 8.42 Å². The summed E-state index contributed by atoms with van der Waals surface area (Å²) in [5.41, 5.74) is 0.566. The summed E-state index contributed by atoms with van der Waals surface area (Å²) < 4.78 is 23.6. The number of rotatable bonds is 10. The molecule has 4 nitrogen and oxygen atoms in total. The summed E-state index contributed by atoms with van der Waals surface area (Å²) >= 11 is 11.9. The van der Waals surface area contributed by atoms with Gasteiger partial charge in [0.2, 0.25) is 10.0 Å². The van der Waals surface area contributed by atoms with Crippen LogP contribution in [0.5, 0.6) is 0 Å². The summed E-state index contributed by atoms with van der Waals surface area (Å²) in [4.78, 5) is 2.20. The molecule has 1 aromatic carbocycles. The molecule has 0 aliphatic heterocycles. The Morgan fingerprint density at radius 1 is 1.14 bits per heavy atom. The van der Waals surface area contributed by atoms with Crippen LogP contribution in [-0.2, 0) is 10.0 Å². The first-order chi connectivity index (χ1) is 10.5. The molecule has 0 saturated heterocycles. The molecule has 0 unspecified atom stereocenters. The summed E-state index contributed by atoms with van der Waals surface area (Å²) in [6.07, 6.45) is 7.54. The molecule has 0 bridgehead atoms. The lowest BCUT2D eigenvalue weighted by Crippen LogP contribution is -2.21. The van der Waals surface area contributed by atoms with Gasteiger partial charge in [-0.2, -0.15) is 5.10 Å². The van der Waals surface area contributed by atoms with Gasteiger partial charge in [0, 0.05) is 5.56 Å². The zero-order chi connectivity index (χ0) is 16.4. The summed E-state index contributed by atoms with van der Waals surface area (Å²) in [5.74, 6) is 0.0831. The molecule has 0 radical (unpaired) electrons. The smallest absolute Gasteiger partial charge is 0.205 e. The highest BCUT2D eigenvalue weighted by Crippen LogP contribution is 2.24. The molecule has 22 heavy (non-hydrogen) atoms. The number of sulfonamides is 1. The standard InChI is InChI=1S/C15H22Cl2N2O2S/c1-2-3-4-5-6-7-11-22(20,21)19-18-12-13-9-8-10-14(16)15(13)17/h8-10,12,19H,2-7,11H2,1H3/b18-12+. The number of hydrogen-bond acceptors (Lipinski definition) is 3. The van der Waals surface area contributed by atoms with Gasteiger partial charge in [-0.25, -0.2) is 13.2 Å². The molecular formula is C15H22Cl2N2O2S. The molecule has 1 aromatic rings. The van der Waals surface area contributed by atoms with Gasteiger partial charge >= 0.3 is 0 Å². The Labute approximate surface area is 142 Å². The molecule has 0 aliphatic carbocycles. The van der Waals surface area contributed by atoms with Gasteiger partial charge in [-0.3, -0.25) is 0 Å². The first kappa shape index (κ1) is 19.3. The summed E-state index contributed by atoms with van der Waals surface area (Å²) in [7, 11) is -3.39. The lowest BCUT2D eigenvalue weighted by molar-refractivity contribution is 0.573. The minimum absolute atomic E-state index is 0.0831. The molecule has 0 amide bonds. The maximum atomic E-state index is 11.8. The fourth-order valence-corrected chi connectivity index (χ4v) is 3.16. The molecular weight excluding hydrogens is 343 g/mol. The van der Waals surface area contributed by atoms with Crippen LogP contribution in [0.15, 0.2) is 23.3 Å². The Balaban J connectivity index is 2.38. The second-order valence-electron chi connectivity index (χ2n) is 5.08. The Morgan fingerprint density at radius 2 is 1.82 bits per heavy atom. The van der Waals surface area contributed by atoms with E-state index in [9.17, 15) is 8.42 Å². The number of halogens is 2. The molecule has 1 N–H and O–H groups in total. The maximum absolute atomic E-state index is 11.8. The Kier molecular flexibility index (Phi) is 8.83. The normalized spacial score (nSPS) is 12.0. The number of unbranched alkanes of at least 4 members (excludes halogenated alkanes) is 5. The average molecular weight is 365 g/mol. The van der Waals surface area contributed by atoms with E-state index >= 15 is 0 Å². The van der Waals surface area contributed by atoms with Crippen LogP contribution in [0.2, 0.25) is 10.0 Å². The molecule has 0 heterocycles. The van der Waals surface area contributed by atoms with Gasteiger partial charge in [-0.05, 0) is 12.5 Å². The van der Waals surface area contributed by atoms with Crippen molar-refractivity contribution in [1.82, 2.24) is 4.83 Å². The molecule has 7 heteroatoms. The molecule has 0 atom stereocenters. The number of hydrazone groups is 1. The predicted molar refractivity (Wildman–Crippen MR) is 94.4 cm³/mol. The monoisotopic (exact) mass is 364 g/mol. The summed E-state index contributed by atoms with van der Waals surface area (Å²) in [6.45, 7) is 2.15. The lowest BCUT2D eigenvalue weighted by Gasteiger charge is -2.04. The van der Waals surface area contributed by atoms with Gasteiger partial charge < -0.3 is 0 Å². The van der Waals surface area contributed by atoms with Crippen LogP contribution in [0.1, 0.15) is 51.0 Å². The van der Waals surface area contributed by atoms with Gasteiger partial charge in [0.05, 0.1) is 22.0 Å². The van der Waals surface area contributed by atoms with Gasteiger partial charge in [0.15, 0.2) is 0 Å². The van der Waals surface area contributed by atoms with E-state index in [0.29, 0.717) is 22.0 Å². The number of hydrogen-bond donors (Lipinski definition) is 1. The lowest BCUT2D eigenvalue weighted by atomic mass is 10.1. The van der Waals surface area contributed by atoms with Gasteiger partial charge in [-0.15, -0.1) is 0 Å².